The van der Waals surface area contributed by atoms with Gasteiger partial charge >= 0.3 is 10.3 Å². The van der Waals surface area contributed by atoms with Gasteiger partial charge in [-0.3, -0.25) is 0 Å². The molecule has 0 unspecified atom stereocenters. The van der Waals surface area contributed by atoms with Gasteiger partial charge in [-0.1, -0.05) is 30.3 Å². The molecule has 0 bridgehead atoms. The molecule has 0 atom stereocenters. The zero-order valence-corrected chi connectivity index (χ0v) is 16.0. The highest BCUT2D eigenvalue weighted by Gasteiger charge is 2.10. The molecule has 4 rings (SSSR count). The number of aromatic nitrogens is 2. The van der Waals surface area contributed by atoms with E-state index in [0.717, 1.165) is 27.7 Å². The van der Waals surface area contributed by atoms with Crippen LogP contribution >= 0.6 is 0 Å². The van der Waals surface area contributed by atoms with Crippen LogP contribution in [0, 0.1) is 11.3 Å². The summed E-state index contributed by atoms with van der Waals surface area (Å²) in [4.78, 5) is 4.41. The number of nitriles is 1. The first kappa shape index (κ1) is 18.7. The fourth-order valence-corrected chi connectivity index (χ4v) is 3.56. The van der Waals surface area contributed by atoms with Gasteiger partial charge in [0.1, 0.15) is 5.75 Å². The largest absolute Gasteiger partial charge is 0.380 e. The number of hydrogen-bond donors (Lipinski definition) is 1. The number of imidazole rings is 1. The van der Waals surface area contributed by atoms with Crippen molar-refractivity contribution < 1.29 is 12.6 Å². The minimum atomic E-state index is -4.08. The molecule has 0 radical (unpaired) electrons. The fourth-order valence-electron chi connectivity index (χ4n) is 3.18. The number of nitrogens with zero attached hydrogens (tertiary/aromatic N) is 3. The highest BCUT2D eigenvalue weighted by molar-refractivity contribution is 7.84. The molecule has 7 nitrogen and oxygen atoms in total. The lowest BCUT2D eigenvalue weighted by molar-refractivity contribution is 0.488. The number of rotatable bonds is 5. The van der Waals surface area contributed by atoms with Gasteiger partial charge in [0.25, 0.3) is 0 Å². The van der Waals surface area contributed by atoms with Crippen molar-refractivity contribution in [3.8, 4) is 22.9 Å². The van der Waals surface area contributed by atoms with Crippen molar-refractivity contribution in [2.45, 2.75) is 6.54 Å². The van der Waals surface area contributed by atoms with Gasteiger partial charge in [0.05, 0.1) is 29.0 Å². The lowest BCUT2D eigenvalue weighted by Crippen LogP contribution is -2.18. The van der Waals surface area contributed by atoms with Crippen LogP contribution in [-0.4, -0.2) is 18.0 Å². The van der Waals surface area contributed by atoms with Crippen molar-refractivity contribution in [2.75, 3.05) is 0 Å². The van der Waals surface area contributed by atoms with Gasteiger partial charge < -0.3 is 8.75 Å². The minimum Gasteiger partial charge on any atom is -0.371 e. The Morgan fingerprint density at radius 2 is 1.83 bits per heavy atom. The van der Waals surface area contributed by atoms with E-state index in [1.807, 2.05) is 41.0 Å². The number of benzene rings is 3. The van der Waals surface area contributed by atoms with Gasteiger partial charge in [-0.05, 0) is 53.1 Å². The maximum Gasteiger partial charge on any atom is 0.380 e. The van der Waals surface area contributed by atoms with Gasteiger partial charge in [0, 0.05) is 6.54 Å². The normalized spacial score (nSPS) is 11.3. The molecule has 0 spiro atoms. The zero-order valence-electron chi connectivity index (χ0n) is 15.2. The zero-order chi connectivity index (χ0) is 20.4. The predicted octanol–water partition coefficient (Wildman–Crippen LogP) is 3.21. The van der Waals surface area contributed by atoms with E-state index in [1.165, 1.54) is 12.1 Å². The van der Waals surface area contributed by atoms with E-state index in [4.69, 9.17) is 5.14 Å². The standard InChI is InChI=1S/C21H16N4O3S/c22-12-17-6-5-15(13-25-14-24-20-3-1-2-4-21(20)25)11-19(17)16-7-9-18(10-8-16)28-29(23,26)27/h1-11,14H,13H2,(H2,23,26,27). The fraction of sp³-hybridized carbons (Fsp3) is 0.0476. The molecule has 0 amide bonds. The molecule has 8 heteroatoms. The Hall–Kier alpha value is -3.67. The second kappa shape index (κ2) is 7.39. The number of para-hydroxylation sites is 2. The summed E-state index contributed by atoms with van der Waals surface area (Å²) in [7, 11) is -4.08. The summed E-state index contributed by atoms with van der Waals surface area (Å²) in [6.45, 7) is 0.603. The number of hydrogen-bond acceptors (Lipinski definition) is 5. The van der Waals surface area contributed by atoms with Crippen molar-refractivity contribution in [1.29, 1.82) is 5.26 Å². The van der Waals surface area contributed by atoms with Crippen LogP contribution in [0.1, 0.15) is 11.1 Å². The Labute approximate surface area is 167 Å². The van der Waals surface area contributed by atoms with Gasteiger partial charge in [0.15, 0.2) is 0 Å². The molecule has 4 aromatic rings. The first-order valence-corrected chi connectivity index (χ1v) is 10.2. The molecule has 144 valence electrons. The molecular formula is C21H16N4O3S. The lowest BCUT2D eigenvalue weighted by Gasteiger charge is -2.10. The van der Waals surface area contributed by atoms with Crippen LogP contribution in [0.15, 0.2) is 73.1 Å². The quantitative estimate of drug-likeness (QED) is 0.549. The molecule has 2 N–H and O–H groups in total. The molecule has 0 saturated heterocycles. The smallest absolute Gasteiger partial charge is 0.371 e. The lowest BCUT2D eigenvalue weighted by atomic mass is 9.97. The predicted molar refractivity (Wildman–Crippen MR) is 109 cm³/mol. The van der Waals surface area contributed by atoms with Gasteiger partial charge in [0.2, 0.25) is 0 Å². The van der Waals surface area contributed by atoms with Crippen LogP contribution in [0.3, 0.4) is 0 Å². The topological polar surface area (TPSA) is 111 Å². The summed E-state index contributed by atoms with van der Waals surface area (Å²) in [5.41, 5.74) is 4.99. The summed E-state index contributed by atoms with van der Waals surface area (Å²) in [5, 5.41) is 14.4. The Morgan fingerprint density at radius 1 is 1.07 bits per heavy atom. The maximum atomic E-state index is 11.1. The summed E-state index contributed by atoms with van der Waals surface area (Å²) in [6, 6.07) is 22.1. The number of fused-ring (bicyclic) bond motifs is 1. The van der Waals surface area contributed by atoms with Crippen molar-refractivity contribution in [3.63, 3.8) is 0 Å². The average Bonchev–Trinajstić information content (AvgIpc) is 3.10. The van der Waals surface area contributed by atoms with E-state index in [2.05, 4.69) is 15.2 Å². The molecule has 3 aromatic carbocycles. The van der Waals surface area contributed by atoms with Crippen molar-refractivity contribution in [2.24, 2.45) is 5.14 Å². The van der Waals surface area contributed by atoms with Crippen LogP contribution < -0.4 is 9.32 Å². The van der Waals surface area contributed by atoms with Gasteiger partial charge in [-0.2, -0.15) is 18.8 Å². The van der Waals surface area contributed by atoms with E-state index in [0.29, 0.717) is 12.1 Å². The maximum absolute atomic E-state index is 11.1. The van der Waals surface area contributed by atoms with Crippen LogP contribution in [0.2, 0.25) is 0 Å². The first-order chi connectivity index (χ1) is 13.9. The van der Waals surface area contributed by atoms with Crippen LogP contribution in [0.25, 0.3) is 22.2 Å². The molecule has 1 heterocycles. The molecule has 1 aromatic heterocycles. The summed E-state index contributed by atoms with van der Waals surface area (Å²) < 4.78 is 28.8. The van der Waals surface area contributed by atoms with E-state index in [9.17, 15) is 13.7 Å². The Bertz CT molecular complexity index is 1340. The summed E-state index contributed by atoms with van der Waals surface area (Å²) >= 11 is 0. The molecule has 0 aliphatic carbocycles. The summed E-state index contributed by atoms with van der Waals surface area (Å²) in [6.07, 6.45) is 1.79. The van der Waals surface area contributed by atoms with Crippen LogP contribution in [0.5, 0.6) is 5.75 Å². The molecule has 0 aliphatic heterocycles. The van der Waals surface area contributed by atoms with Crippen molar-refractivity contribution in [1.82, 2.24) is 9.55 Å². The minimum absolute atomic E-state index is 0.107. The second-order valence-electron chi connectivity index (χ2n) is 6.45. The van der Waals surface area contributed by atoms with Crippen molar-refractivity contribution >= 4 is 21.3 Å². The highest BCUT2D eigenvalue weighted by Crippen LogP contribution is 2.27. The Kier molecular flexibility index (Phi) is 4.76. The van der Waals surface area contributed by atoms with Crippen molar-refractivity contribution in [3.05, 3.63) is 84.2 Å². The third kappa shape index (κ3) is 4.11. The van der Waals surface area contributed by atoms with Crippen LogP contribution in [0.4, 0.5) is 0 Å². The van der Waals surface area contributed by atoms with Gasteiger partial charge in [-0.25, -0.2) is 4.98 Å². The molecule has 0 aliphatic rings. The van der Waals surface area contributed by atoms with Crippen LogP contribution in [-0.2, 0) is 16.8 Å². The molecular weight excluding hydrogens is 388 g/mol. The SMILES string of the molecule is N#Cc1ccc(Cn2cnc3ccccc32)cc1-c1ccc(OS(N)(=O)=O)cc1. The average molecular weight is 404 g/mol. The van der Waals surface area contributed by atoms with E-state index >= 15 is 0 Å². The number of nitrogens with two attached hydrogens (primary N) is 1. The monoisotopic (exact) mass is 404 g/mol. The van der Waals surface area contributed by atoms with E-state index < -0.39 is 10.3 Å². The second-order valence-corrected chi connectivity index (χ2v) is 7.61. The Morgan fingerprint density at radius 3 is 2.55 bits per heavy atom. The first-order valence-electron chi connectivity index (χ1n) is 8.68. The third-order valence-corrected chi connectivity index (χ3v) is 4.89. The van der Waals surface area contributed by atoms with Gasteiger partial charge in [-0.15, -0.1) is 0 Å². The molecule has 0 fully saturated rings. The van der Waals surface area contributed by atoms with E-state index in [-0.39, 0.29) is 5.75 Å². The Balaban J connectivity index is 1.68. The molecule has 29 heavy (non-hydrogen) atoms. The third-order valence-electron chi connectivity index (χ3n) is 4.46. The molecule has 0 saturated carbocycles. The van der Waals surface area contributed by atoms with E-state index in [1.54, 1.807) is 24.5 Å². The summed E-state index contributed by atoms with van der Waals surface area (Å²) in [5.74, 6) is 0.107. The highest BCUT2D eigenvalue weighted by atomic mass is 32.2.